The Hall–Kier alpha value is -2.77. The first-order chi connectivity index (χ1) is 12.3. The highest BCUT2D eigenvalue weighted by Crippen LogP contribution is 2.17. The van der Waals surface area contributed by atoms with E-state index < -0.39 is 11.6 Å². The van der Waals surface area contributed by atoms with Crippen molar-refractivity contribution in [2.75, 3.05) is 26.8 Å². The monoisotopic (exact) mass is 363 g/mol. The zero-order valence-electron chi connectivity index (χ0n) is 15.3. The largest absolute Gasteiger partial charge is 0.497 e. The first-order valence-electron chi connectivity index (χ1n) is 8.51. The molecule has 1 fully saturated rings. The number of carbonyl (C=O) groups excluding carboxylic acids is 3. The van der Waals surface area contributed by atoms with Gasteiger partial charge in [-0.25, -0.2) is 4.79 Å². The Kier molecular flexibility index (Phi) is 6.43. The first-order valence-corrected chi connectivity index (χ1v) is 8.51. The van der Waals surface area contributed by atoms with Crippen LogP contribution in [0.25, 0.3) is 0 Å². The van der Waals surface area contributed by atoms with Crippen molar-refractivity contribution < 1.29 is 23.9 Å². The highest BCUT2D eigenvalue weighted by molar-refractivity contribution is 6.06. The van der Waals surface area contributed by atoms with Gasteiger partial charge in [0.1, 0.15) is 23.6 Å². The molecule has 0 aliphatic carbocycles. The Labute approximate surface area is 152 Å². The minimum absolute atomic E-state index is 0.144. The van der Waals surface area contributed by atoms with E-state index >= 15 is 0 Å². The van der Waals surface area contributed by atoms with Gasteiger partial charge < -0.3 is 20.1 Å². The van der Waals surface area contributed by atoms with Crippen LogP contribution in [0.1, 0.15) is 26.7 Å². The lowest BCUT2D eigenvalue weighted by atomic mass is 10.1. The molecule has 1 aliphatic heterocycles. The van der Waals surface area contributed by atoms with E-state index in [0.717, 1.165) is 10.6 Å². The highest BCUT2D eigenvalue weighted by Gasteiger charge is 2.43. The average Bonchev–Trinajstić information content (AvgIpc) is 2.80. The van der Waals surface area contributed by atoms with Crippen molar-refractivity contribution in [3.05, 3.63) is 24.3 Å². The Morgan fingerprint density at radius 1 is 1.19 bits per heavy atom. The maximum absolute atomic E-state index is 12.0. The lowest BCUT2D eigenvalue weighted by Gasteiger charge is -2.15. The molecule has 0 saturated carbocycles. The van der Waals surface area contributed by atoms with E-state index in [9.17, 15) is 14.4 Å². The average molecular weight is 363 g/mol. The lowest BCUT2D eigenvalue weighted by molar-refractivity contribution is -0.130. The van der Waals surface area contributed by atoms with Crippen LogP contribution in [0.15, 0.2) is 24.3 Å². The van der Waals surface area contributed by atoms with Gasteiger partial charge in [0.05, 0.1) is 13.7 Å². The molecule has 0 radical (unpaired) electrons. The molecule has 8 nitrogen and oxygen atoms in total. The predicted molar refractivity (Wildman–Crippen MR) is 95.1 cm³/mol. The van der Waals surface area contributed by atoms with Crippen molar-refractivity contribution in [3.8, 4) is 11.5 Å². The van der Waals surface area contributed by atoms with Crippen molar-refractivity contribution in [1.29, 1.82) is 0 Å². The number of imide groups is 1. The number of methoxy groups -OCH3 is 1. The highest BCUT2D eigenvalue weighted by atomic mass is 16.5. The Morgan fingerprint density at radius 2 is 1.85 bits per heavy atom. The number of ether oxygens (including phenoxy) is 2. The van der Waals surface area contributed by atoms with Crippen LogP contribution < -0.4 is 20.1 Å². The fourth-order valence-electron chi connectivity index (χ4n) is 2.54. The Balaban J connectivity index is 1.60. The fourth-order valence-corrected chi connectivity index (χ4v) is 2.54. The van der Waals surface area contributed by atoms with Crippen molar-refractivity contribution in [2.24, 2.45) is 0 Å². The maximum atomic E-state index is 12.0. The smallest absolute Gasteiger partial charge is 0.325 e. The number of benzene rings is 1. The van der Waals surface area contributed by atoms with Gasteiger partial charge in [-0.3, -0.25) is 14.5 Å². The Bertz CT molecular complexity index is 657. The topological polar surface area (TPSA) is 97.0 Å². The van der Waals surface area contributed by atoms with Crippen LogP contribution in [0, 0.1) is 0 Å². The van der Waals surface area contributed by atoms with Crippen LogP contribution in [0.3, 0.4) is 0 Å². The molecule has 8 heteroatoms. The molecule has 4 amide bonds. The number of rotatable bonds is 9. The second kappa shape index (κ2) is 8.55. The summed E-state index contributed by atoms with van der Waals surface area (Å²) >= 11 is 0. The summed E-state index contributed by atoms with van der Waals surface area (Å²) in [6, 6.07) is 6.77. The summed E-state index contributed by atoms with van der Waals surface area (Å²) in [7, 11) is 1.60. The number of nitrogens with one attached hydrogen (secondary N) is 2. The third-order valence-corrected chi connectivity index (χ3v) is 3.98. The van der Waals surface area contributed by atoms with E-state index in [2.05, 4.69) is 10.6 Å². The molecular formula is C18H25N3O5. The van der Waals surface area contributed by atoms with Crippen molar-refractivity contribution in [2.45, 2.75) is 32.2 Å². The summed E-state index contributed by atoms with van der Waals surface area (Å²) in [5.41, 5.74) is -0.877. The molecule has 1 aromatic carbocycles. The van der Waals surface area contributed by atoms with Gasteiger partial charge in [-0.2, -0.15) is 0 Å². The third-order valence-electron chi connectivity index (χ3n) is 3.98. The zero-order chi connectivity index (χ0) is 19.2. The number of hydrogen-bond acceptors (Lipinski definition) is 5. The fraction of sp³-hybridized carbons (Fsp3) is 0.500. The van der Waals surface area contributed by atoms with Crippen LogP contribution >= 0.6 is 0 Å². The second-order valence-corrected chi connectivity index (χ2v) is 6.49. The van der Waals surface area contributed by atoms with Gasteiger partial charge in [-0.1, -0.05) is 0 Å². The maximum Gasteiger partial charge on any atom is 0.325 e. The quantitative estimate of drug-likeness (QED) is 0.509. The summed E-state index contributed by atoms with van der Waals surface area (Å²) < 4.78 is 10.6. The number of urea groups is 1. The van der Waals surface area contributed by atoms with E-state index in [1.807, 2.05) is 0 Å². The SMILES string of the molecule is COc1ccc(OCCNC(=O)CCCN2C(=O)NC(C)(C)C2=O)cc1. The van der Waals surface area contributed by atoms with Crippen molar-refractivity contribution in [3.63, 3.8) is 0 Å². The van der Waals surface area contributed by atoms with Gasteiger partial charge in [0.15, 0.2) is 0 Å². The summed E-state index contributed by atoms with van der Waals surface area (Å²) in [5.74, 6) is 1.03. The first kappa shape index (κ1) is 19.6. The minimum atomic E-state index is -0.877. The van der Waals surface area contributed by atoms with E-state index in [-0.39, 0.29) is 24.8 Å². The number of hydrogen-bond donors (Lipinski definition) is 2. The van der Waals surface area contributed by atoms with Gasteiger partial charge in [-0.15, -0.1) is 0 Å². The van der Waals surface area contributed by atoms with Gasteiger partial charge in [0.2, 0.25) is 5.91 Å². The molecule has 0 atom stereocenters. The van der Waals surface area contributed by atoms with Crippen LogP contribution in [-0.4, -0.2) is 55.1 Å². The summed E-state index contributed by atoms with van der Waals surface area (Å²) in [5, 5.41) is 5.36. The molecule has 26 heavy (non-hydrogen) atoms. The van der Waals surface area contributed by atoms with Crippen LogP contribution in [0.2, 0.25) is 0 Å². The molecule has 0 spiro atoms. The van der Waals surface area contributed by atoms with E-state index in [1.165, 1.54) is 0 Å². The summed E-state index contributed by atoms with van der Waals surface area (Å²) in [6.07, 6.45) is 0.653. The summed E-state index contributed by atoms with van der Waals surface area (Å²) in [4.78, 5) is 36.7. The van der Waals surface area contributed by atoms with Crippen LogP contribution in [0.5, 0.6) is 11.5 Å². The van der Waals surface area contributed by atoms with E-state index in [1.54, 1.807) is 45.2 Å². The predicted octanol–water partition coefficient (Wildman–Crippen LogP) is 1.30. The molecule has 1 saturated heterocycles. The van der Waals surface area contributed by atoms with Gasteiger partial charge in [0, 0.05) is 13.0 Å². The minimum Gasteiger partial charge on any atom is -0.497 e. The summed E-state index contributed by atoms with van der Waals surface area (Å²) in [6.45, 7) is 4.26. The van der Waals surface area contributed by atoms with Crippen molar-refractivity contribution >= 4 is 17.8 Å². The van der Waals surface area contributed by atoms with E-state index in [0.29, 0.717) is 25.3 Å². The van der Waals surface area contributed by atoms with Gasteiger partial charge >= 0.3 is 6.03 Å². The van der Waals surface area contributed by atoms with Gasteiger partial charge in [-0.05, 0) is 44.5 Å². The molecular weight excluding hydrogens is 338 g/mol. The number of amides is 4. The molecule has 142 valence electrons. The second-order valence-electron chi connectivity index (χ2n) is 6.49. The normalized spacial score (nSPS) is 15.6. The Morgan fingerprint density at radius 3 is 2.42 bits per heavy atom. The molecule has 0 bridgehead atoms. The molecule has 0 aromatic heterocycles. The van der Waals surface area contributed by atoms with Crippen LogP contribution in [-0.2, 0) is 9.59 Å². The molecule has 1 aliphatic rings. The number of nitrogens with zero attached hydrogens (tertiary/aromatic N) is 1. The standard InChI is InChI=1S/C18H25N3O5/c1-18(2)16(23)21(17(24)20-18)11-4-5-15(22)19-10-12-26-14-8-6-13(25-3)7-9-14/h6-9H,4-5,10-12H2,1-3H3,(H,19,22)(H,20,24). The lowest BCUT2D eigenvalue weighted by Crippen LogP contribution is -2.40. The molecule has 0 unspecified atom stereocenters. The number of carbonyl (C=O) groups is 3. The van der Waals surface area contributed by atoms with Gasteiger partial charge in [0.25, 0.3) is 5.91 Å². The molecule has 1 aromatic rings. The van der Waals surface area contributed by atoms with Crippen LogP contribution in [0.4, 0.5) is 4.79 Å². The van der Waals surface area contributed by atoms with Crippen molar-refractivity contribution in [1.82, 2.24) is 15.5 Å². The van der Waals surface area contributed by atoms with E-state index in [4.69, 9.17) is 9.47 Å². The third kappa shape index (κ3) is 5.11. The molecule has 1 heterocycles. The molecule has 2 rings (SSSR count). The molecule has 2 N–H and O–H groups in total. The zero-order valence-corrected chi connectivity index (χ0v) is 15.3.